The van der Waals surface area contributed by atoms with Crippen molar-refractivity contribution in [2.45, 2.75) is 25.4 Å². The summed E-state index contributed by atoms with van der Waals surface area (Å²) in [5.74, 6) is -3.70. The first-order valence-corrected chi connectivity index (χ1v) is 8.93. The van der Waals surface area contributed by atoms with Gasteiger partial charge < -0.3 is 9.80 Å². The minimum Gasteiger partial charge on any atom is -0.339 e. The van der Waals surface area contributed by atoms with Crippen molar-refractivity contribution >= 4 is 23.6 Å². The van der Waals surface area contributed by atoms with Gasteiger partial charge in [-0.15, -0.1) is 0 Å². The minimum atomic E-state index is -1.44. The summed E-state index contributed by atoms with van der Waals surface area (Å²) in [6.45, 7) is 4.03. The van der Waals surface area contributed by atoms with E-state index in [0.717, 1.165) is 4.90 Å². The van der Waals surface area contributed by atoms with Gasteiger partial charge in [-0.3, -0.25) is 24.1 Å². The Balaban J connectivity index is 1.85. The van der Waals surface area contributed by atoms with E-state index in [1.165, 1.54) is 36.2 Å². The van der Waals surface area contributed by atoms with Gasteiger partial charge in [0.25, 0.3) is 5.91 Å². The molecule has 0 N–H and O–H groups in total. The van der Waals surface area contributed by atoms with Crippen molar-refractivity contribution in [3.63, 3.8) is 0 Å². The molecule has 8 heteroatoms. The second kappa shape index (κ2) is 5.61. The molecule has 0 unspecified atom stereocenters. The summed E-state index contributed by atoms with van der Waals surface area (Å²) < 4.78 is 13.2. The Hall–Kier alpha value is -2.77. The molecule has 3 aliphatic rings. The SMILES string of the molecule is CCN1C[C@@H]2[C@@H]3C(=O)N(C)C(=O)[C@@H]3[C@](C)(C1=O)N2C(=O)c1ccc(F)cc1. The number of likely N-dealkylation sites (tertiary alicyclic amines) is 2. The molecule has 0 saturated carbocycles. The maximum Gasteiger partial charge on any atom is 0.255 e. The summed E-state index contributed by atoms with van der Waals surface area (Å²) in [5, 5.41) is 0. The highest BCUT2D eigenvalue weighted by molar-refractivity contribution is 6.13. The average Bonchev–Trinajstić information content (AvgIpc) is 3.01. The molecule has 0 aliphatic carbocycles. The van der Waals surface area contributed by atoms with Gasteiger partial charge in [0.05, 0.1) is 17.9 Å². The van der Waals surface area contributed by atoms with Crippen molar-refractivity contribution in [3.8, 4) is 0 Å². The third-order valence-electron chi connectivity index (χ3n) is 6.24. The van der Waals surface area contributed by atoms with Crippen LogP contribution in [0.4, 0.5) is 4.39 Å². The summed E-state index contributed by atoms with van der Waals surface area (Å²) in [5.41, 5.74) is -1.22. The van der Waals surface area contributed by atoms with Gasteiger partial charge in [-0.1, -0.05) is 0 Å². The number of benzene rings is 1. The van der Waals surface area contributed by atoms with E-state index in [2.05, 4.69) is 0 Å². The maximum absolute atomic E-state index is 13.2. The van der Waals surface area contributed by atoms with E-state index in [9.17, 15) is 23.6 Å². The van der Waals surface area contributed by atoms with Gasteiger partial charge in [-0.2, -0.15) is 0 Å². The highest BCUT2D eigenvalue weighted by Crippen LogP contribution is 2.52. The van der Waals surface area contributed by atoms with E-state index in [1.807, 2.05) is 6.92 Å². The molecule has 4 rings (SSSR count). The number of hydrogen-bond acceptors (Lipinski definition) is 4. The van der Waals surface area contributed by atoms with Crippen molar-refractivity contribution in [2.24, 2.45) is 11.8 Å². The highest BCUT2D eigenvalue weighted by Gasteiger charge is 2.73. The number of imide groups is 1. The van der Waals surface area contributed by atoms with Crippen molar-refractivity contribution in [1.29, 1.82) is 0 Å². The fraction of sp³-hybridized carbons (Fsp3) is 0.474. The van der Waals surface area contributed by atoms with Crippen LogP contribution in [0.5, 0.6) is 0 Å². The number of hydrogen-bond donors (Lipinski definition) is 0. The Morgan fingerprint density at radius 2 is 1.81 bits per heavy atom. The summed E-state index contributed by atoms with van der Waals surface area (Å²) in [6, 6.07) is 4.46. The number of piperazine rings is 1. The quantitative estimate of drug-likeness (QED) is 0.708. The number of carbonyl (C=O) groups is 4. The number of halogens is 1. The molecule has 3 heterocycles. The normalized spacial score (nSPS) is 32.4. The Kier molecular flexibility index (Phi) is 3.66. The van der Waals surface area contributed by atoms with Crippen LogP contribution in [0.25, 0.3) is 0 Å². The molecule has 3 fully saturated rings. The largest absolute Gasteiger partial charge is 0.339 e. The zero-order valence-corrected chi connectivity index (χ0v) is 15.3. The van der Waals surface area contributed by atoms with Crippen molar-refractivity contribution in [1.82, 2.24) is 14.7 Å². The topological polar surface area (TPSA) is 78.0 Å². The van der Waals surface area contributed by atoms with E-state index in [0.29, 0.717) is 6.54 Å². The summed E-state index contributed by atoms with van der Waals surface area (Å²) in [4.78, 5) is 56.0. The van der Waals surface area contributed by atoms with Crippen LogP contribution in [-0.2, 0) is 14.4 Å². The third kappa shape index (κ3) is 2.06. The van der Waals surface area contributed by atoms with E-state index in [4.69, 9.17) is 0 Å². The monoisotopic (exact) mass is 373 g/mol. The molecular weight excluding hydrogens is 353 g/mol. The number of amides is 4. The zero-order valence-electron chi connectivity index (χ0n) is 15.3. The fourth-order valence-electron chi connectivity index (χ4n) is 4.89. The lowest BCUT2D eigenvalue weighted by Crippen LogP contribution is -2.68. The van der Waals surface area contributed by atoms with Gasteiger partial charge in [0, 0.05) is 25.7 Å². The standard InChI is InChI=1S/C19H20FN3O4/c1-4-22-9-12-13-14(17(26)21(3)16(13)25)19(2,18(22)27)23(12)15(24)10-5-7-11(20)8-6-10/h5-8,12-14H,4,9H2,1-3H3/t12-,13+,14-,19-/m1/s1. The zero-order chi connectivity index (χ0) is 19.7. The molecule has 4 atom stereocenters. The highest BCUT2D eigenvalue weighted by atomic mass is 19.1. The van der Waals surface area contributed by atoms with Crippen LogP contribution in [0.15, 0.2) is 24.3 Å². The van der Waals surface area contributed by atoms with Crippen LogP contribution in [0.2, 0.25) is 0 Å². The molecule has 0 aromatic heterocycles. The van der Waals surface area contributed by atoms with Crippen LogP contribution < -0.4 is 0 Å². The van der Waals surface area contributed by atoms with Crippen LogP contribution >= 0.6 is 0 Å². The molecular formula is C19H20FN3O4. The molecule has 1 aromatic carbocycles. The first-order valence-electron chi connectivity index (χ1n) is 8.93. The molecule has 27 heavy (non-hydrogen) atoms. The van der Waals surface area contributed by atoms with E-state index in [-0.39, 0.29) is 23.9 Å². The average molecular weight is 373 g/mol. The van der Waals surface area contributed by atoms with Gasteiger partial charge in [0.15, 0.2) is 0 Å². The smallest absolute Gasteiger partial charge is 0.255 e. The van der Waals surface area contributed by atoms with Gasteiger partial charge in [0.1, 0.15) is 11.4 Å². The van der Waals surface area contributed by atoms with E-state index < -0.39 is 41.0 Å². The number of rotatable bonds is 2. The number of likely N-dealkylation sites (N-methyl/N-ethyl adjacent to an activating group) is 1. The maximum atomic E-state index is 13.2. The number of carbonyl (C=O) groups excluding carboxylic acids is 4. The number of fused-ring (bicyclic) bond motifs is 5. The third-order valence-corrected chi connectivity index (χ3v) is 6.24. The van der Waals surface area contributed by atoms with Crippen molar-refractivity contribution in [2.75, 3.05) is 20.1 Å². The first-order chi connectivity index (χ1) is 12.7. The molecule has 3 saturated heterocycles. The van der Waals surface area contributed by atoms with Crippen LogP contribution in [-0.4, -0.2) is 70.0 Å². The molecule has 0 radical (unpaired) electrons. The minimum absolute atomic E-state index is 0.200. The van der Waals surface area contributed by atoms with Crippen LogP contribution in [0.1, 0.15) is 24.2 Å². The molecule has 0 spiro atoms. The number of nitrogens with zero attached hydrogens (tertiary/aromatic N) is 3. The first kappa shape index (κ1) is 17.6. The second-order valence-electron chi connectivity index (χ2n) is 7.48. The predicted octanol–water partition coefficient (Wildman–Crippen LogP) is 0.502. The van der Waals surface area contributed by atoms with E-state index in [1.54, 1.807) is 11.8 Å². The molecule has 142 valence electrons. The molecule has 2 bridgehead atoms. The van der Waals surface area contributed by atoms with Gasteiger partial charge in [0.2, 0.25) is 17.7 Å². The van der Waals surface area contributed by atoms with Gasteiger partial charge in [-0.05, 0) is 38.1 Å². The van der Waals surface area contributed by atoms with Crippen LogP contribution in [0.3, 0.4) is 0 Å². The Labute approximate surface area is 155 Å². The van der Waals surface area contributed by atoms with E-state index >= 15 is 0 Å². The molecule has 7 nitrogen and oxygen atoms in total. The Morgan fingerprint density at radius 3 is 2.41 bits per heavy atom. The van der Waals surface area contributed by atoms with Crippen molar-refractivity contribution in [3.05, 3.63) is 35.6 Å². The lowest BCUT2D eigenvalue weighted by Gasteiger charge is -2.47. The molecule has 4 amide bonds. The lowest BCUT2D eigenvalue weighted by molar-refractivity contribution is -0.154. The van der Waals surface area contributed by atoms with Crippen molar-refractivity contribution < 1.29 is 23.6 Å². The van der Waals surface area contributed by atoms with Gasteiger partial charge >= 0.3 is 0 Å². The summed E-state index contributed by atoms with van der Waals surface area (Å²) in [7, 11) is 1.41. The second-order valence-corrected chi connectivity index (χ2v) is 7.48. The Morgan fingerprint density at radius 1 is 1.19 bits per heavy atom. The predicted molar refractivity (Wildman–Crippen MR) is 91.8 cm³/mol. The molecule has 1 aromatic rings. The Bertz CT molecular complexity index is 870. The summed E-state index contributed by atoms with van der Waals surface area (Å²) in [6.07, 6.45) is 0. The van der Waals surface area contributed by atoms with Gasteiger partial charge in [-0.25, -0.2) is 4.39 Å². The van der Waals surface area contributed by atoms with Crippen LogP contribution in [0, 0.1) is 17.7 Å². The summed E-state index contributed by atoms with van der Waals surface area (Å²) >= 11 is 0. The lowest BCUT2D eigenvalue weighted by atomic mass is 9.81. The molecule has 3 aliphatic heterocycles. The fourth-order valence-corrected chi connectivity index (χ4v) is 4.89.